The molecule has 1 rings (SSSR count). The monoisotopic (exact) mass is 257 g/mol. The molecule has 1 atom stereocenters. The summed E-state index contributed by atoms with van der Waals surface area (Å²) in [5.74, 6) is -3.16. The van der Waals surface area contributed by atoms with Gasteiger partial charge in [0.15, 0.2) is 11.6 Å². The first-order valence-corrected chi connectivity index (χ1v) is 5.55. The van der Waals surface area contributed by atoms with Crippen LogP contribution in [0.4, 0.5) is 8.78 Å². The Hall–Kier alpha value is -1.49. The molecule has 0 saturated heterocycles. The van der Waals surface area contributed by atoms with E-state index in [4.69, 9.17) is 10.8 Å². The van der Waals surface area contributed by atoms with E-state index < -0.39 is 28.6 Å². The van der Waals surface area contributed by atoms with Crippen molar-refractivity contribution in [2.75, 3.05) is 0 Å². The zero-order chi connectivity index (χ0) is 14.1. The molecule has 0 aromatic heterocycles. The van der Waals surface area contributed by atoms with E-state index in [0.717, 1.165) is 6.07 Å². The quantitative estimate of drug-likeness (QED) is 0.870. The molecule has 1 aromatic carbocycles. The fourth-order valence-corrected chi connectivity index (χ4v) is 1.90. The SMILES string of the molecule is CC(C)(N)C(C)(CC(=O)O)c1cccc(F)c1F. The lowest BCUT2D eigenvalue weighted by atomic mass is 9.66. The highest BCUT2D eigenvalue weighted by molar-refractivity contribution is 5.69. The Labute approximate surface area is 105 Å². The number of aliphatic carboxylic acids is 1. The van der Waals surface area contributed by atoms with Crippen molar-refractivity contribution in [1.82, 2.24) is 0 Å². The highest BCUT2D eigenvalue weighted by Gasteiger charge is 2.43. The van der Waals surface area contributed by atoms with Crippen molar-refractivity contribution in [2.24, 2.45) is 5.73 Å². The van der Waals surface area contributed by atoms with Gasteiger partial charge < -0.3 is 10.8 Å². The first kappa shape index (κ1) is 14.6. The van der Waals surface area contributed by atoms with Crippen LogP contribution in [0.1, 0.15) is 32.8 Å². The Morgan fingerprint density at radius 1 is 1.33 bits per heavy atom. The molecule has 3 N–H and O–H groups in total. The van der Waals surface area contributed by atoms with E-state index in [1.54, 1.807) is 13.8 Å². The van der Waals surface area contributed by atoms with Crippen molar-refractivity contribution < 1.29 is 18.7 Å². The molecule has 0 heterocycles. The smallest absolute Gasteiger partial charge is 0.304 e. The summed E-state index contributed by atoms with van der Waals surface area (Å²) < 4.78 is 27.1. The summed E-state index contributed by atoms with van der Waals surface area (Å²) >= 11 is 0. The molecule has 0 radical (unpaired) electrons. The van der Waals surface area contributed by atoms with Crippen LogP contribution in [-0.2, 0) is 10.2 Å². The lowest BCUT2D eigenvalue weighted by Gasteiger charge is -2.41. The van der Waals surface area contributed by atoms with Crippen LogP contribution in [0.2, 0.25) is 0 Å². The van der Waals surface area contributed by atoms with Gasteiger partial charge in [0.1, 0.15) is 0 Å². The molecule has 0 aliphatic heterocycles. The van der Waals surface area contributed by atoms with Crippen LogP contribution in [0.15, 0.2) is 18.2 Å². The molecule has 0 bridgehead atoms. The van der Waals surface area contributed by atoms with Crippen molar-refractivity contribution >= 4 is 5.97 Å². The topological polar surface area (TPSA) is 63.3 Å². The Bertz CT molecular complexity index is 469. The molecule has 18 heavy (non-hydrogen) atoms. The van der Waals surface area contributed by atoms with Crippen LogP contribution in [0.5, 0.6) is 0 Å². The number of rotatable bonds is 4. The first-order chi connectivity index (χ1) is 8.09. The number of nitrogens with two attached hydrogens (primary N) is 1. The molecule has 0 aliphatic carbocycles. The van der Waals surface area contributed by atoms with Crippen molar-refractivity contribution in [3.63, 3.8) is 0 Å². The van der Waals surface area contributed by atoms with Gasteiger partial charge in [0, 0.05) is 11.0 Å². The largest absolute Gasteiger partial charge is 0.481 e. The Morgan fingerprint density at radius 2 is 1.89 bits per heavy atom. The maximum absolute atomic E-state index is 13.9. The molecule has 0 aliphatic rings. The standard InChI is InChI=1S/C13H17F2NO2/c1-12(2,16)13(3,7-10(17)18)8-5-4-6-9(14)11(8)15/h4-6H,7,16H2,1-3H3,(H,17,18). The molecule has 0 fully saturated rings. The summed E-state index contributed by atoms with van der Waals surface area (Å²) in [5.41, 5.74) is 3.73. The van der Waals surface area contributed by atoms with Gasteiger partial charge in [0.2, 0.25) is 0 Å². The molecule has 0 spiro atoms. The van der Waals surface area contributed by atoms with E-state index in [2.05, 4.69) is 0 Å². The van der Waals surface area contributed by atoms with E-state index in [0.29, 0.717) is 0 Å². The number of benzene rings is 1. The van der Waals surface area contributed by atoms with Crippen LogP contribution < -0.4 is 5.73 Å². The maximum Gasteiger partial charge on any atom is 0.304 e. The Kier molecular flexibility index (Phi) is 3.76. The maximum atomic E-state index is 13.9. The molecule has 0 saturated carbocycles. The number of hydrogen-bond donors (Lipinski definition) is 2. The van der Waals surface area contributed by atoms with Crippen molar-refractivity contribution in [3.8, 4) is 0 Å². The molecular formula is C13H17F2NO2. The Balaban J connectivity index is 3.44. The minimum absolute atomic E-state index is 0.0163. The minimum Gasteiger partial charge on any atom is -0.481 e. The van der Waals surface area contributed by atoms with Gasteiger partial charge in [0.25, 0.3) is 0 Å². The van der Waals surface area contributed by atoms with E-state index >= 15 is 0 Å². The highest BCUT2D eigenvalue weighted by Crippen LogP contribution is 2.38. The van der Waals surface area contributed by atoms with Crippen molar-refractivity contribution in [3.05, 3.63) is 35.4 Å². The van der Waals surface area contributed by atoms with Crippen LogP contribution in [0.25, 0.3) is 0 Å². The van der Waals surface area contributed by atoms with Gasteiger partial charge >= 0.3 is 5.97 Å². The average molecular weight is 257 g/mol. The molecule has 5 heteroatoms. The van der Waals surface area contributed by atoms with Gasteiger partial charge in [0.05, 0.1) is 6.42 Å². The molecule has 3 nitrogen and oxygen atoms in total. The summed E-state index contributed by atoms with van der Waals surface area (Å²) in [6.45, 7) is 4.72. The van der Waals surface area contributed by atoms with Crippen LogP contribution >= 0.6 is 0 Å². The zero-order valence-electron chi connectivity index (χ0n) is 10.6. The first-order valence-electron chi connectivity index (χ1n) is 5.55. The third-order valence-corrected chi connectivity index (χ3v) is 3.47. The third kappa shape index (κ3) is 2.51. The molecule has 1 aromatic rings. The predicted molar refractivity (Wildman–Crippen MR) is 64.2 cm³/mol. The second kappa shape index (κ2) is 4.65. The van der Waals surface area contributed by atoms with Gasteiger partial charge in [-0.3, -0.25) is 4.79 Å². The van der Waals surface area contributed by atoms with Gasteiger partial charge in [-0.1, -0.05) is 19.1 Å². The normalized spacial score (nSPS) is 15.2. The summed E-state index contributed by atoms with van der Waals surface area (Å²) in [4.78, 5) is 11.0. The van der Waals surface area contributed by atoms with Gasteiger partial charge in [-0.05, 0) is 25.5 Å². The lowest BCUT2D eigenvalue weighted by molar-refractivity contribution is -0.139. The van der Waals surface area contributed by atoms with Crippen LogP contribution in [-0.4, -0.2) is 16.6 Å². The summed E-state index contributed by atoms with van der Waals surface area (Å²) in [6, 6.07) is 3.71. The number of carboxylic acid groups (broad SMARTS) is 1. The third-order valence-electron chi connectivity index (χ3n) is 3.47. The summed E-state index contributed by atoms with van der Waals surface area (Å²) in [7, 11) is 0. The van der Waals surface area contributed by atoms with Gasteiger partial charge in [-0.25, -0.2) is 8.78 Å². The van der Waals surface area contributed by atoms with Crippen LogP contribution in [0.3, 0.4) is 0 Å². The van der Waals surface area contributed by atoms with Gasteiger partial charge in [-0.15, -0.1) is 0 Å². The van der Waals surface area contributed by atoms with Crippen molar-refractivity contribution in [1.29, 1.82) is 0 Å². The van der Waals surface area contributed by atoms with E-state index in [9.17, 15) is 13.6 Å². The fraction of sp³-hybridized carbons (Fsp3) is 0.462. The molecule has 1 unspecified atom stereocenters. The number of carbonyl (C=O) groups is 1. The summed E-state index contributed by atoms with van der Waals surface area (Å²) in [6.07, 6.45) is -0.378. The molecular weight excluding hydrogens is 240 g/mol. The van der Waals surface area contributed by atoms with E-state index in [-0.39, 0.29) is 12.0 Å². The average Bonchev–Trinajstić information content (AvgIpc) is 2.19. The second-order valence-electron chi connectivity index (χ2n) is 5.23. The zero-order valence-corrected chi connectivity index (χ0v) is 10.6. The van der Waals surface area contributed by atoms with E-state index in [1.165, 1.54) is 19.1 Å². The van der Waals surface area contributed by atoms with Gasteiger partial charge in [-0.2, -0.15) is 0 Å². The lowest BCUT2D eigenvalue weighted by Crippen LogP contribution is -2.53. The number of hydrogen-bond acceptors (Lipinski definition) is 2. The molecule has 0 amide bonds. The fourth-order valence-electron chi connectivity index (χ4n) is 1.90. The van der Waals surface area contributed by atoms with Crippen molar-refractivity contribution in [2.45, 2.75) is 38.1 Å². The van der Waals surface area contributed by atoms with E-state index in [1.807, 2.05) is 0 Å². The summed E-state index contributed by atoms with van der Waals surface area (Å²) in [5, 5.41) is 8.96. The Morgan fingerprint density at radius 3 is 2.33 bits per heavy atom. The minimum atomic E-state index is -1.20. The van der Waals surface area contributed by atoms with Crippen LogP contribution in [0, 0.1) is 11.6 Å². The molecule has 100 valence electrons. The predicted octanol–water partition coefficient (Wildman–Crippen LogP) is 2.43. The number of carboxylic acids is 1. The second-order valence-corrected chi connectivity index (χ2v) is 5.23. The highest BCUT2D eigenvalue weighted by atomic mass is 19.2. The number of halogens is 2.